The Balaban J connectivity index is 1.38. The van der Waals surface area contributed by atoms with E-state index >= 15 is 0 Å². The van der Waals surface area contributed by atoms with Gasteiger partial charge in [-0.25, -0.2) is 8.42 Å². The number of carbonyl (C=O) groups excluding carboxylic acids is 3. The second-order valence-electron chi connectivity index (χ2n) is 12.6. The van der Waals surface area contributed by atoms with Crippen LogP contribution in [0.5, 0.6) is 5.75 Å². The smallest absolute Gasteiger partial charge is 0.280 e. The van der Waals surface area contributed by atoms with E-state index in [1.165, 1.54) is 9.21 Å². The molecule has 2 saturated heterocycles. The van der Waals surface area contributed by atoms with E-state index in [1.807, 2.05) is 54.6 Å². The van der Waals surface area contributed by atoms with Gasteiger partial charge in [0, 0.05) is 32.4 Å². The van der Waals surface area contributed by atoms with Crippen LogP contribution in [0, 0.1) is 0 Å². The van der Waals surface area contributed by atoms with Gasteiger partial charge >= 0.3 is 0 Å². The number of aldehydes is 1. The Labute approximate surface area is 293 Å². The first kappa shape index (κ1) is 38.7. The second-order valence-corrected chi connectivity index (χ2v) is 16.6. The number of rotatable bonds is 17. The highest BCUT2D eigenvalue weighted by Crippen LogP contribution is 2.27. The first-order chi connectivity index (χ1) is 23.8. The van der Waals surface area contributed by atoms with Gasteiger partial charge < -0.3 is 31.2 Å². The average molecular weight is 734 g/mol. The summed E-state index contributed by atoms with van der Waals surface area (Å²) < 4.78 is 61.2. The molecular formula is C33H47N7O8S2. The van der Waals surface area contributed by atoms with Gasteiger partial charge in [0.1, 0.15) is 40.1 Å². The fourth-order valence-electron chi connectivity index (χ4n) is 6.06. The molecule has 2 aromatic carbocycles. The molecule has 2 aliphatic rings. The Bertz CT molecular complexity index is 1710. The predicted molar refractivity (Wildman–Crippen MR) is 190 cm³/mol. The minimum atomic E-state index is -4.23. The van der Waals surface area contributed by atoms with E-state index < -0.39 is 55.7 Å². The van der Waals surface area contributed by atoms with E-state index in [1.54, 1.807) is 0 Å². The summed E-state index contributed by atoms with van der Waals surface area (Å²) in [5.74, 6) is -1.13. The third-order valence-corrected chi connectivity index (χ3v) is 11.3. The second kappa shape index (κ2) is 17.7. The number of guanidine groups is 1. The number of hydrogen-bond donors (Lipinski definition) is 4. The molecule has 0 aliphatic carbocycles. The highest BCUT2D eigenvalue weighted by molar-refractivity contribution is 7.90. The molecular weight excluding hydrogens is 687 g/mol. The van der Waals surface area contributed by atoms with Gasteiger partial charge in [0.2, 0.25) is 11.8 Å². The number of amides is 2. The molecule has 2 aliphatic heterocycles. The van der Waals surface area contributed by atoms with E-state index in [4.69, 9.17) is 16.2 Å². The normalized spacial score (nSPS) is 18.6. The van der Waals surface area contributed by atoms with Crippen molar-refractivity contribution in [3.8, 4) is 16.9 Å². The largest absolute Gasteiger partial charge is 0.490 e. The van der Waals surface area contributed by atoms with Crippen molar-refractivity contribution in [2.24, 2.45) is 16.5 Å². The van der Waals surface area contributed by atoms with Gasteiger partial charge in [-0.05, 0) is 68.2 Å². The van der Waals surface area contributed by atoms with Crippen LogP contribution in [-0.4, -0.2) is 113 Å². The van der Waals surface area contributed by atoms with Crippen molar-refractivity contribution >= 4 is 44.1 Å². The van der Waals surface area contributed by atoms with Crippen LogP contribution in [0.15, 0.2) is 59.6 Å². The summed E-state index contributed by atoms with van der Waals surface area (Å²) in [6, 6.07) is 14.3. The third kappa shape index (κ3) is 11.5. The standard InChI is InChI=1S/C33H47N7O8S2/c1-49(44,45)21-16-29(32(43)40-18-7-13-30(40)31(42)37-26(23-41)11-6-17-36-33(34)35)38-50(46,47)39-19-14-27(15-20-39)48-28-12-5-10-25(22-28)24-8-3-2-4-9-24/h2-5,8-10,12,22-23,26-27,29-30,38H,6-7,11,13-21H2,1H3,(H,37,42)(H4,34,35,36)/t26-,29?,30?/m0/s1. The lowest BCUT2D eigenvalue weighted by Gasteiger charge is -2.34. The molecule has 2 fully saturated rings. The number of aliphatic imine (C=N–C) groups is 1. The fourth-order valence-corrected chi connectivity index (χ4v) is 8.14. The maximum atomic E-state index is 13.8. The molecule has 15 nitrogen and oxygen atoms in total. The third-order valence-electron chi connectivity index (χ3n) is 8.65. The van der Waals surface area contributed by atoms with Crippen molar-refractivity contribution in [1.82, 2.24) is 19.2 Å². The SMILES string of the molecule is CS(=O)(=O)CCC(NS(=O)(=O)N1CCC(Oc2cccc(-c3ccccc3)c2)CC1)C(=O)N1CCCC1C(=O)N[C@H](C=O)CCCN=C(N)N. The Morgan fingerprint density at radius 1 is 0.980 bits per heavy atom. The highest BCUT2D eigenvalue weighted by atomic mass is 32.2. The fraction of sp³-hybridized carbons (Fsp3) is 0.515. The monoisotopic (exact) mass is 733 g/mol. The Kier molecular flexibility index (Phi) is 13.7. The first-order valence-corrected chi connectivity index (χ1v) is 20.1. The lowest BCUT2D eigenvalue weighted by molar-refractivity contribution is -0.140. The van der Waals surface area contributed by atoms with Gasteiger partial charge in [-0.15, -0.1) is 0 Å². The van der Waals surface area contributed by atoms with Crippen LogP contribution in [0.2, 0.25) is 0 Å². The summed E-state index contributed by atoms with van der Waals surface area (Å²) in [5, 5.41) is 2.64. The van der Waals surface area contributed by atoms with Crippen molar-refractivity contribution in [1.29, 1.82) is 0 Å². The number of nitrogens with two attached hydrogens (primary N) is 2. The number of nitrogens with zero attached hydrogens (tertiary/aromatic N) is 3. The number of likely N-dealkylation sites (tertiary alicyclic amines) is 1. The number of sulfone groups is 1. The zero-order chi connectivity index (χ0) is 36.3. The van der Waals surface area contributed by atoms with Gasteiger partial charge in [0.25, 0.3) is 10.2 Å². The zero-order valence-electron chi connectivity index (χ0n) is 28.1. The predicted octanol–water partition coefficient (Wildman–Crippen LogP) is 0.563. The molecule has 0 radical (unpaired) electrons. The molecule has 0 aromatic heterocycles. The molecule has 6 N–H and O–H groups in total. The molecule has 3 atom stereocenters. The van der Waals surface area contributed by atoms with Crippen LogP contribution in [0.3, 0.4) is 0 Å². The Morgan fingerprint density at radius 2 is 1.68 bits per heavy atom. The minimum absolute atomic E-state index is 0.0859. The van der Waals surface area contributed by atoms with Crippen LogP contribution in [0.4, 0.5) is 0 Å². The molecule has 0 spiro atoms. The van der Waals surface area contributed by atoms with E-state index in [9.17, 15) is 31.2 Å². The average Bonchev–Trinajstić information content (AvgIpc) is 3.58. The molecule has 2 amide bonds. The van der Waals surface area contributed by atoms with Crippen molar-refractivity contribution in [3.63, 3.8) is 0 Å². The Hall–Kier alpha value is -4.06. The zero-order valence-corrected chi connectivity index (χ0v) is 29.8. The summed E-state index contributed by atoms with van der Waals surface area (Å²) in [5.41, 5.74) is 12.7. The van der Waals surface area contributed by atoms with Crippen LogP contribution < -0.4 is 26.2 Å². The van der Waals surface area contributed by atoms with Crippen molar-refractivity contribution < 1.29 is 36.0 Å². The summed E-state index contributed by atoms with van der Waals surface area (Å²) in [6.45, 7) is 0.678. The number of carbonyl (C=O) groups is 3. The number of nitrogens with one attached hydrogen (secondary N) is 2. The first-order valence-electron chi connectivity index (χ1n) is 16.6. The molecule has 0 bridgehead atoms. The number of benzene rings is 2. The van der Waals surface area contributed by atoms with Crippen molar-refractivity contribution in [3.05, 3.63) is 54.6 Å². The molecule has 274 valence electrons. The maximum Gasteiger partial charge on any atom is 0.280 e. The van der Waals surface area contributed by atoms with E-state index in [-0.39, 0.29) is 51.1 Å². The van der Waals surface area contributed by atoms with E-state index in [0.29, 0.717) is 44.1 Å². The molecule has 2 heterocycles. The van der Waals surface area contributed by atoms with Crippen LogP contribution >= 0.6 is 0 Å². The Morgan fingerprint density at radius 3 is 2.34 bits per heavy atom. The van der Waals surface area contributed by atoms with Crippen LogP contribution in [0.1, 0.15) is 44.9 Å². The maximum absolute atomic E-state index is 13.8. The summed E-state index contributed by atoms with van der Waals surface area (Å²) >= 11 is 0. The summed E-state index contributed by atoms with van der Waals surface area (Å²) in [4.78, 5) is 43.8. The summed E-state index contributed by atoms with van der Waals surface area (Å²) in [7, 11) is -7.79. The van der Waals surface area contributed by atoms with Crippen molar-refractivity contribution in [2.45, 2.75) is 69.2 Å². The van der Waals surface area contributed by atoms with E-state index in [0.717, 1.165) is 17.4 Å². The quantitative estimate of drug-likeness (QED) is 0.0765. The molecule has 50 heavy (non-hydrogen) atoms. The van der Waals surface area contributed by atoms with Gasteiger partial charge in [-0.1, -0.05) is 42.5 Å². The number of piperidine rings is 1. The van der Waals surface area contributed by atoms with Crippen molar-refractivity contribution in [2.75, 3.05) is 38.2 Å². The van der Waals surface area contributed by atoms with Gasteiger partial charge in [-0.3, -0.25) is 14.6 Å². The van der Waals surface area contributed by atoms with E-state index in [2.05, 4.69) is 15.0 Å². The number of hydrogen-bond acceptors (Lipinski definition) is 9. The lowest BCUT2D eigenvalue weighted by atomic mass is 10.1. The van der Waals surface area contributed by atoms with Gasteiger partial charge in [-0.2, -0.15) is 17.4 Å². The number of ether oxygens (including phenoxy) is 1. The topological polar surface area (TPSA) is 224 Å². The minimum Gasteiger partial charge on any atom is -0.490 e. The lowest BCUT2D eigenvalue weighted by Crippen LogP contribution is -2.57. The molecule has 2 aromatic rings. The van der Waals surface area contributed by atoms with Gasteiger partial charge in [0.15, 0.2) is 5.96 Å². The highest BCUT2D eigenvalue weighted by Gasteiger charge is 2.40. The van der Waals surface area contributed by atoms with Crippen LogP contribution in [0.25, 0.3) is 11.1 Å². The molecule has 2 unspecified atom stereocenters. The van der Waals surface area contributed by atoms with Crippen LogP contribution in [-0.2, 0) is 34.4 Å². The molecule has 4 rings (SSSR count). The molecule has 0 saturated carbocycles. The molecule has 17 heteroatoms. The van der Waals surface area contributed by atoms with Gasteiger partial charge in [0.05, 0.1) is 11.8 Å². The summed E-state index contributed by atoms with van der Waals surface area (Å²) in [6.07, 6.45) is 3.29.